The molecule has 0 spiro atoms. The van der Waals surface area contributed by atoms with Crippen molar-refractivity contribution in [2.24, 2.45) is 0 Å². The van der Waals surface area contributed by atoms with Gasteiger partial charge in [-0.1, -0.05) is 101 Å². The van der Waals surface area contributed by atoms with Crippen LogP contribution in [0.2, 0.25) is 13.1 Å². The standard InChI is InChI=1S/C31H29NSi/c1-31(2,3)25-19-21(18-20-12-6-7-13-22(20)25)29-28-24-15-9-11-17-27(24)33(4,5)30(28)23-14-8-10-16-26(23)32-29/h6-19H,1-5H3. The normalized spacial score (nSPS) is 14.5. The van der Waals surface area contributed by atoms with Crippen LogP contribution in [0.4, 0.5) is 0 Å². The topological polar surface area (TPSA) is 12.9 Å². The van der Waals surface area contributed by atoms with Crippen molar-refractivity contribution in [1.82, 2.24) is 4.98 Å². The number of rotatable bonds is 1. The van der Waals surface area contributed by atoms with Gasteiger partial charge in [-0.05, 0) is 55.9 Å². The molecule has 162 valence electrons. The minimum absolute atomic E-state index is 0.0432. The molecule has 0 N–H and O–H groups in total. The predicted molar refractivity (Wildman–Crippen MR) is 146 cm³/mol. The summed E-state index contributed by atoms with van der Waals surface area (Å²) in [4.78, 5) is 5.33. The molecule has 0 aliphatic carbocycles. The Kier molecular flexibility index (Phi) is 4.25. The molecule has 33 heavy (non-hydrogen) atoms. The Hall–Kier alpha value is -3.23. The average molecular weight is 444 g/mol. The fourth-order valence-electron chi connectivity index (χ4n) is 5.78. The van der Waals surface area contributed by atoms with E-state index in [-0.39, 0.29) is 5.41 Å². The van der Waals surface area contributed by atoms with Crippen LogP contribution in [0, 0.1) is 0 Å². The largest absolute Gasteiger partial charge is 0.247 e. The highest BCUT2D eigenvalue weighted by Gasteiger charge is 2.40. The van der Waals surface area contributed by atoms with Crippen molar-refractivity contribution >= 4 is 40.1 Å². The van der Waals surface area contributed by atoms with Crippen LogP contribution in [0.5, 0.6) is 0 Å². The van der Waals surface area contributed by atoms with E-state index < -0.39 is 8.07 Å². The van der Waals surface area contributed by atoms with Crippen LogP contribution in [0.15, 0.2) is 84.9 Å². The van der Waals surface area contributed by atoms with Gasteiger partial charge in [0.2, 0.25) is 0 Å². The summed E-state index contributed by atoms with van der Waals surface area (Å²) in [6.45, 7) is 11.9. The van der Waals surface area contributed by atoms with Crippen LogP contribution in [-0.2, 0) is 5.41 Å². The van der Waals surface area contributed by atoms with Crippen molar-refractivity contribution in [3.05, 3.63) is 90.5 Å². The number of hydrogen-bond acceptors (Lipinski definition) is 1. The van der Waals surface area contributed by atoms with Gasteiger partial charge in [-0.3, -0.25) is 0 Å². The maximum atomic E-state index is 5.33. The second-order valence-electron chi connectivity index (χ2n) is 10.9. The number of pyridine rings is 1. The summed E-state index contributed by atoms with van der Waals surface area (Å²) < 4.78 is 0. The first-order valence-electron chi connectivity index (χ1n) is 11.8. The smallest absolute Gasteiger partial charge is 0.114 e. The van der Waals surface area contributed by atoms with Gasteiger partial charge in [-0.15, -0.1) is 0 Å². The van der Waals surface area contributed by atoms with Gasteiger partial charge in [0.15, 0.2) is 0 Å². The molecule has 6 rings (SSSR count). The van der Waals surface area contributed by atoms with Gasteiger partial charge in [-0.2, -0.15) is 0 Å². The lowest BCUT2D eigenvalue weighted by molar-refractivity contribution is 0.596. The lowest BCUT2D eigenvalue weighted by Crippen LogP contribution is -2.49. The second-order valence-corrected chi connectivity index (χ2v) is 15.2. The molecular weight excluding hydrogens is 414 g/mol. The number of benzene rings is 4. The van der Waals surface area contributed by atoms with Crippen LogP contribution < -0.4 is 10.4 Å². The molecule has 0 fully saturated rings. The van der Waals surface area contributed by atoms with Crippen molar-refractivity contribution < 1.29 is 0 Å². The Morgan fingerprint density at radius 2 is 1.39 bits per heavy atom. The first-order chi connectivity index (χ1) is 15.8. The monoisotopic (exact) mass is 443 g/mol. The van der Waals surface area contributed by atoms with E-state index in [1.165, 1.54) is 48.8 Å². The van der Waals surface area contributed by atoms with E-state index in [4.69, 9.17) is 4.98 Å². The van der Waals surface area contributed by atoms with Gasteiger partial charge in [0.1, 0.15) is 8.07 Å². The van der Waals surface area contributed by atoms with Crippen LogP contribution in [0.1, 0.15) is 26.3 Å². The van der Waals surface area contributed by atoms with Crippen molar-refractivity contribution in [2.45, 2.75) is 39.3 Å². The third-order valence-corrected chi connectivity index (χ3v) is 10.9. The molecule has 5 aromatic rings. The Morgan fingerprint density at radius 3 is 2.18 bits per heavy atom. The molecule has 0 saturated heterocycles. The highest BCUT2D eigenvalue weighted by molar-refractivity contribution is 7.05. The molecule has 1 nitrogen and oxygen atoms in total. The van der Waals surface area contributed by atoms with Crippen molar-refractivity contribution in [3.8, 4) is 22.4 Å². The molecule has 4 aromatic carbocycles. The molecule has 1 aromatic heterocycles. The highest BCUT2D eigenvalue weighted by Crippen LogP contribution is 2.41. The summed E-state index contributed by atoms with van der Waals surface area (Å²) in [5.41, 5.74) is 7.61. The molecule has 0 saturated carbocycles. The molecular formula is C31H29NSi. The summed E-state index contributed by atoms with van der Waals surface area (Å²) >= 11 is 0. The summed E-state index contributed by atoms with van der Waals surface area (Å²) in [7, 11) is -1.85. The third kappa shape index (κ3) is 2.94. The van der Waals surface area contributed by atoms with Crippen LogP contribution in [-0.4, -0.2) is 13.1 Å². The van der Waals surface area contributed by atoms with Gasteiger partial charge < -0.3 is 0 Å². The third-order valence-electron chi connectivity index (χ3n) is 7.33. The highest BCUT2D eigenvalue weighted by atomic mass is 28.3. The van der Waals surface area contributed by atoms with Crippen molar-refractivity contribution in [3.63, 3.8) is 0 Å². The minimum Gasteiger partial charge on any atom is -0.247 e. The van der Waals surface area contributed by atoms with Gasteiger partial charge in [0.25, 0.3) is 0 Å². The molecule has 2 heteroatoms. The number of fused-ring (bicyclic) bond motifs is 6. The van der Waals surface area contributed by atoms with Crippen LogP contribution in [0.3, 0.4) is 0 Å². The SMILES string of the molecule is CC(C)(C)c1cc(-c2nc3ccccc3c3c2-c2ccccc2[Si]3(C)C)cc2ccccc12. The number of aromatic nitrogens is 1. The Balaban J connectivity index is 1.78. The average Bonchev–Trinajstić information content (AvgIpc) is 3.05. The van der Waals surface area contributed by atoms with E-state index in [1.54, 1.807) is 0 Å². The Morgan fingerprint density at radius 1 is 0.727 bits per heavy atom. The lowest BCUT2D eigenvalue weighted by atomic mass is 9.82. The summed E-state index contributed by atoms with van der Waals surface area (Å²) in [6.07, 6.45) is 0. The van der Waals surface area contributed by atoms with Crippen molar-refractivity contribution in [1.29, 1.82) is 0 Å². The zero-order valence-corrected chi connectivity index (χ0v) is 21.0. The molecule has 0 atom stereocenters. The molecule has 0 radical (unpaired) electrons. The minimum atomic E-state index is -1.85. The van der Waals surface area contributed by atoms with Crippen LogP contribution >= 0.6 is 0 Å². The first-order valence-corrected chi connectivity index (χ1v) is 14.8. The molecule has 0 amide bonds. The zero-order valence-electron chi connectivity index (χ0n) is 20.0. The molecule has 0 bridgehead atoms. The second kappa shape index (κ2) is 6.88. The van der Waals surface area contributed by atoms with E-state index in [0.717, 1.165) is 11.2 Å². The summed E-state index contributed by atoms with van der Waals surface area (Å²) in [5.74, 6) is 0. The fraction of sp³-hybridized carbons (Fsp3) is 0.194. The molecule has 1 aliphatic rings. The molecule has 0 unspecified atom stereocenters. The van der Waals surface area contributed by atoms with Gasteiger partial charge in [-0.25, -0.2) is 4.98 Å². The maximum absolute atomic E-state index is 5.33. The van der Waals surface area contributed by atoms with E-state index in [1.807, 2.05) is 0 Å². The molecule has 1 aliphatic heterocycles. The van der Waals surface area contributed by atoms with Crippen LogP contribution in [0.25, 0.3) is 44.1 Å². The van der Waals surface area contributed by atoms with E-state index in [9.17, 15) is 0 Å². The van der Waals surface area contributed by atoms with Gasteiger partial charge in [0.05, 0.1) is 11.2 Å². The number of nitrogens with zero attached hydrogens (tertiary/aromatic N) is 1. The Labute approximate surface area is 197 Å². The zero-order chi connectivity index (χ0) is 23.0. The maximum Gasteiger partial charge on any atom is 0.114 e. The van der Waals surface area contributed by atoms with E-state index in [0.29, 0.717) is 0 Å². The number of hydrogen-bond donors (Lipinski definition) is 0. The van der Waals surface area contributed by atoms with Gasteiger partial charge in [0, 0.05) is 16.5 Å². The first kappa shape index (κ1) is 20.4. The summed E-state index contributed by atoms with van der Waals surface area (Å²) in [6, 6.07) is 31.3. The predicted octanol–water partition coefficient (Wildman–Crippen LogP) is 7.16. The van der Waals surface area contributed by atoms with Crippen molar-refractivity contribution in [2.75, 3.05) is 0 Å². The number of para-hydroxylation sites is 1. The quantitative estimate of drug-likeness (QED) is 0.251. The van der Waals surface area contributed by atoms with E-state index in [2.05, 4.69) is 119 Å². The lowest BCUT2D eigenvalue weighted by Gasteiger charge is -2.24. The Bertz CT molecular complexity index is 1570. The van der Waals surface area contributed by atoms with E-state index >= 15 is 0 Å². The van der Waals surface area contributed by atoms with Gasteiger partial charge >= 0.3 is 0 Å². The summed E-state index contributed by atoms with van der Waals surface area (Å²) in [5, 5.41) is 7.00. The fourth-order valence-corrected chi connectivity index (χ4v) is 9.21. The molecule has 2 heterocycles.